The molecule has 0 aliphatic heterocycles. The molecule has 0 aliphatic rings. The van der Waals surface area contributed by atoms with Gasteiger partial charge in [0, 0.05) is 11.6 Å². The van der Waals surface area contributed by atoms with Gasteiger partial charge in [-0.15, -0.1) is 0 Å². The molecule has 0 fully saturated rings. The van der Waals surface area contributed by atoms with E-state index in [9.17, 15) is 9.50 Å². The van der Waals surface area contributed by atoms with Crippen LogP contribution in [-0.4, -0.2) is 21.5 Å². The molecule has 0 aliphatic carbocycles. The lowest BCUT2D eigenvalue weighted by Crippen LogP contribution is -2.30. The molecule has 5 N–H and O–H groups in total. The zero-order valence-electron chi connectivity index (χ0n) is 8.09. The standard InChI is InChI=1S/C10H10FNO4/c1-2-16-10(12)9(15)5-3-7(13)8(14)4-6(5)11/h1,3-4,9-10,13-15H,12H2/t9-,10+/m0/s1. The molecular formula is C10H10FNO4. The number of rotatable bonds is 3. The molecule has 1 aromatic carbocycles. The number of aliphatic hydroxyl groups is 1. The number of terminal acetylenes is 1. The molecule has 0 saturated heterocycles. The van der Waals surface area contributed by atoms with E-state index in [1.54, 1.807) is 6.11 Å². The van der Waals surface area contributed by atoms with Crippen LogP contribution in [0.2, 0.25) is 0 Å². The first-order valence-corrected chi connectivity index (χ1v) is 4.23. The Hall–Kier alpha value is -1.97. The molecule has 0 aromatic heterocycles. The van der Waals surface area contributed by atoms with Crippen LogP contribution in [0.1, 0.15) is 11.7 Å². The lowest BCUT2D eigenvalue weighted by Gasteiger charge is -2.17. The van der Waals surface area contributed by atoms with Gasteiger partial charge in [0.05, 0.1) is 0 Å². The average molecular weight is 227 g/mol. The summed E-state index contributed by atoms with van der Waals surface area (Å²) in [4.78, 5) is 0. The minimum Gasteiger partial charge on any atom is -0.504 e. The molecule has 1 rings (SSSR count). The maximum atomic E-state index is 13.3. The Bertz CT molecular complexity index is 430. The Balaban J connectivity index is 3.04. The van der Waals surface area contributed by atoms with Crippen molar-refractivity contribution in [3.8, 4) is 24.0 Å². The number of phenolic OH excluding ortho intramolecular Hbond substituents is 2. The first kappa shape index (κ1) is 12.1. The fraction of sp³-hybridized carbons (Fsp3) is 0.200. The van der Waals surface area contributed by atoms with E-state index in [1.807, 2.05) is 0 Å². The monoisotopic (exact) mass is 227 g/mol. The zero-order chi connectivity index (χ0) is 12.3. The van der Waals surface area contributed by atoms with Crippen molar-refractivity contribution in [3.63, 3.8) is 0 Å². The highest BCUT2D eigenvalue weighted by Crippen LogP contribution is 2.31. The summed E-state index contributed by atoms with van der Waals surface area (Å²) < 4.78 is 17.7. The van der Waals surface area contributed by atoms with Gasteiger partial charge in [-0.25, -0.2) is 4.39 Å². The second-order valence-electron chi connectivity index (χ2n) is 3.01. The largest absolute Gasteiger partial charge is 0.504 e. The first-order valence-electron chi connectivity index (χ1n) is 4.23. The average Bonchev–Trinajstić information content (AvgIpc) is 2.23. The Kier molecular flexibility index (Phi) is 3.55. The SMILES string of the molecule is C#CO[C@@H](N)[C@@H](O)c1cc(O)c(O)cc1F. The van der Waals surface area contributed by atoms with Gasteiger partial charge >= 0.3 is 0 Å². The highest BCUT2D eigenvalue weighted by Gasteiger charge is 2.23. The van der Waals surface area contributed by atoms with Crippen LogP contribution in [0, 0.1) is 18.3 Å². The smallest absolute Gasteiger partial charge is 0.189 e. The quantitative estimate of drug-likeness (QED) is 0.335. The van der Waals surface area contributed by atoms with E-state index in [-0.39, 0.29) is 5.56 Å². The Morgan fingerprint density at radius 2 is 1.94 bits per heavy atom. The number of aromatic hydroxyl groups is 2. The van der Waals surface area contributed by atoms with Crippen molar-refractivity contribution in [3.05, 3.63) is 23.5 Å². The summed E-state index contributed by atoms with van der Waals surface area (Å²) in [5.41, 5.74) is 4.97. The molecular weight excluding hydrogens is 217 g/mol. The van der Waals surface area contributed by atoms with Crippen molar-refractivity contribution < 1.29 is 24.4 Å². The molecule has 16 heavy (non-hydrogen) atoms. The molecule has 2 atom stereocenters. The van der Waals surface area contributed by atoms with Crippen LogP contribution in [0.4, 0.5) is 4.39 Å². The first-order chi connectivity index (χ1) is 7.47. The van der Waals surface area contributed by atoms with Crippen LogP contribution in [0.15, 0.2) is 12.1 Å². The topological polar surface area (TPSA) is 95.9 Å². The van der Waals surface area contributed by atoms with Gasteiger partial charge < -0.3 is 20.1 Å². The van der Waals surface area contributed by atoms with Crippen molar-refractivity contribution in [1.82, 2.24) is 0 Å². The van der Waals surface area contributed by atoms with Crippen molar-refractivity contribution in [2.75, 3.05) is 0 Å². The second-order valence-corrected chi connectivity index (χ2v) is 3.01. The summed E-state index contributed by atoms with van der Waals surface area (Å²) in [6, 6.07) is 1.49. The number of nitrogens with two attached hydrogens (primary N) is 1. The normalized spacial score (nSPS) is 13.9. The fourth-order valence-electron chi connectivity index (χ4n) is 1.11. The van der Waals surface area contributed by atoms with Gasteiger partial charge in [0.1, 0.15) is 18.0 Å². The number of phenols is 2. The Labute approximate surface area is 90.9 Å². The predicted octanol–water partition coefficient (Wildman–Crippen LogP) is 0.162. The van der Waals surface area contributed by atoms with Gasteiger partial charge in [-0.1, -0.05) is 6.42 Å². The minimum atomic E-state index is -1.55. The van der Waals surface area contributed by atoms with E-state index in [2.05, 4.69) is 4.74 Å². The van der Waals surface area contributed by atoms with Gasteiger partial charge in [-0.05, 0) is 6.07 Å². The molecule has 0 radical (unpaired) electrons. The summed E-state index contributed by atoms with van der Waals surface area (Å²) in [7, 11) is 0. The lowest BCUT2D eigenvalue weighted by molar-refractivity contribution is 0.0197. The van der Waals surface area contributed by atoms with Crippen LogP contribution >= 0.6 is 0 Å². The predicted molar refractivity (Wildman–Crippen MR) is 52.6 cm³/mol. The summed E-state index contributed by atoms with van der Waals surface area (Å²) >= 11 is 0. The molecule has 5 nitrogen and oxygen atoms in total. The Morgan fingerprint density at radius 3 is 2.50 bits per heavy atom. The highest BCUT2D eigenvalue weighted by atomic mass is 19.1. The summed E-state index contributed by atoms with van der Waals surface area (Å²) in [6.45, 7) is 0. The van der Waals surface area contributed by atoms with Crippen LogP contribution in [0.25, 0.3) is 0 Å². The van der Waals surface area contributed by atoms with Crippen LogP contribution in [0.5, 0.6) is 11.5 Å². The number of aliphatic hydroxyl groups excluding tert-OH is 1. The van der Waals surface area contributed by atoms with Gasteiger partial charge in [-0.3, -0.25) is 5.73 Å². The molecule has 1 aromatic rings. The highest BCUT2D eigenvalue weighted by molar-refractivity contribution is 5.42. The number of ether oxygens (including phenoxy) is 1. The second kappa shape index (κ2) is 4.70. The fourth-order valence-corrected chi connectivity index (χ4v) is 1.11. The number of hydrogen-bond donors (Lipinski definition) is 4. The van der Waals surface area contributed by atoms with E-state index < -0.39 is 29.6 Å². The molecule has 0 saturated carbocycles. The molecule has 0 unspecified atom stereocenters. The molecule has 0 heterocycles. The lowest BCUT2D eigenvalue weighted by atomic mass is 10.1. The molecule has 0 amide bonds. The maximum absolute atomic E-state index is 13.3. The van der Waals surface area contributed by atoms with E-state index in [4.69, 9.17) is 22.4 Å². The van der Waals surface area contributed by atoms with Crippen molar-refractivity contribution >= 4 is 0 Å². The van der Waals surface area contributed by atoms with Gasteiger partial charge in [0.2, 0.25) is 0 Å². The van der Waals surface area contributed by atoms with E-state index in [0.717, 1.165) is 6.07 Å². The van der Waals surface area contributed by atoms with Gasteiger partial charge in [-0.2, -0.15) is 0 Å². The maximum Gasteiger partial charge on any atom is 0.189 e. The number of hydrogen-bond acceptors (Lipinski definition) is 5. The number of benzene rings is 1. The summed E-state index contributed by atoms with van der Waals surface area (Å²) in [5, 5.41) is 27.7. The van der Waals surface area contributed by atoms with E-state index in [1.165, 1.54) is 0 Å². The third-order valence-corrected chi connectivity index (χ3v) is 1.93. The molecule has 0 bridgehead atoms. The number of halogens is 1. The van der Waals surface area contributed by atoms with E-state index >= 15 is 0 Å². The summed E-state index contributed by atoms with van der Waals surface area (Å²) in [5.74, 6) is -2.15. The minimum absolute atomic E-state index is 0.321. The van der Waals surface area contributed by atoms with E-state index in [0.29, 0.717) is 6.07 Å². The van der Waals surface area contributed by atoms with Crippen LogP contribution in [0.3, 0.4) is 0 Å². The van der Waals surface area contributed by atoms with Gasteiger partial charge in [0.25, 0.3) is 0 Å². The molecule has 0 spiro atoms. The van der Waals surface area contributed by atoms with Crippen molar-refractivity contribution in [1.29, 1.82) is 0 Å². The third-order valence-electron chi connectivity index (χ3n) is 1.93. The van der Waals surface area contributed by atoms with Crippen LogP contribution < -0.4 is 5.73 Å². The Morgan fingerprint density at radius 1 is 1.38 bits per heavy atom. The van der Waals surface area contributed by atoms with Crippen LogP contribution in [-0.2, 0) is 4.74 Å². The molecule has 86 valence electrons. The summed E-state index contributed by atoms with van der Waals surface area (Å²) in [6.07, 6.45) is 3.65. The van der Waals surface area contributed by atoms with Crippen molar-refractivity contribution in [2.45, 2.75) is 12.3 Å². The third kappa shape index (κ3) is 2.34. The zero-order valence-corrected chi connectivity index (χ0v) is 8.09. The molecule has 6 heteroatoms. The van der Waals surface area contributed by atoms with Gasteiger partial charge in [0.15, 0.2) is 17.7 Å². The van der Waals surface area contributed by atoms with Crippen molar-refractivity contribution in [2.24, 2.45) is 5.73 Å².